The Morgan fingerprint density at radius 3 is 2.16 bits per heavy atom. The van der Waals surface area contributed by atoms with Crippen molar-refractivity contribution in [3.8, 4) is 0 Å². The average molecular weight is 359 g/mol. The smallest absolute Gasteiger partial charge is 0.250 e. The molecular weight excluding hydrogens is 332 g/mol. The molecule has 1 heterocycles. The molecule has 0 N–H and O–H groups in total. The Bertz CT molecular complexity index is 808. The van der Waals surface area contributed by atoms with Crippen LogP contribution in [-0.2, 0) is 10.0 Å². The lowest BCUT2D eigenvalue weighted by molar-refractivity contribution is 0.576. The van der Waals surface area contributed by atoms with Crippen LogP contribution in [-0.4, -0.2) is 19.9 Å². The van der Waals surface area contributed by atoms with Crippen molar-refractivity contribution in [2.24, 2.45) is 5.92 Å². The molecule has 0 aliphatic heterocycles. The Morgan fingerprint density at radius 1 is 1.08 bits per heavy atom. The third kappa shape index (κ3) is 4.48. The van der Waals surface area contributed by atoms with Crippen LogP contribution in [0.1, 0.15) is 44.7 Å². The van der Waals surface area contributed by atoms with Crippen LogP contribution in [0.15, 0.2) is 54.1 Å². The van der Waals surface area contributed by atoms with Crippen molar-refractivity contribution in [3.05, 3.63) is 60.3 Å². The molecule has 5 heteroatoms. The van der Waals surface area contributed by atoms with Gasteiger partial charge in [-0.1, -0.05) is 58.5 Å². The summed E-state index contributed by atoms with van der Waals surface area (Å²) < 4.78 is 27.7. The van der Waals surface area contributed by atoms with E-state index in [2.05, 4.69) is 25.4 Å². The van der Waals surface area contributed by atoms with Crippen LogP contribution in [0.4, 0.5) is 5.82 Å². The summed E-state index contributed by atoms with van der Waals surface area (Å²) >= 11 is 0. The van der Waals surface area contributed by atoms with Crippen LogP contribution in [0.5, 0.6) is 0 Å². The lowest BCUT2D eigenvalue weighted by Crippen LogP contribution is -2.35. The Labute approximate surface area is 151 Å². The number of hydrogen-bond donors (Lipinski definition) is 0. The second-order valence-electron chi connectivity index (χ2n) is 6.81. The topological polar surface area (TPSA) is 50.3 Å². The summed E-state index contributed by atoms with van der Waals surface area (Å²) in [5.41, 5.74) is 1.97. The highest BCUT2D eigenvalue weighted by molar-refractivity contribution is 7.92. The summed E-state index contributed by atoms with van der Waals surface area (Å²) in [6.07, 6.45) is 3.44. The summed E-state index contributed by atoms with van der Waals surface area (Å²) in [7, 11) is -3.67. The third-order valence-electron chi connectivity index (χ3n) is 3.93. The molecule has 0 saturated carbocycles. The first-order valence-electron chi connectivity index (χ1n) is 8.47. The van der Waals surface area contributed by atoms with E-state index in [1.807, 2.05) is 19.9 Å². The number of hydrogen-bond acceptors (Lipinski definition) is 3. The lowest BCUT2D eigenvalue weighted by atomic mass is 10.1. The molecule has 0 aliphatic carbocycles. The predicted octanol–water partition coefficient (Wildman–Crippen LogP) is 4.70. The maximum atomic E-state index is 13.1. The van der Waals surface area contributed by atoms with Crippen molar-refractivity contribution in [2.75, 3.05) is 10.8 Å². The number of pyridine rings is 1. The van der Waals surface area contributed by atoms with Gasteiger partial charge in [0.05, 0.1) is 4.90 Å². The quantitative estimate of drug-likeness (QED) is 0.721. The van der Waals surface area contributed by atoms with Gasteiger partial charge >= 0.3 is 0 Å². The number of sulfonamides is 1. The average Bonchev–Trinajstić information content (AvgIpc) is 2.59. The molecule has 2 aromatic rings. The van der Waals surface area contributed by atoms with Gasteiger partial charge in [0.15, 0.2) is 0 Å². The molecule has 2 rings (SSSR count). The normalized spacial score (nSPS) is 11.8. The number of nitrogens with zero attached hydrogens (tertiary/aromatic N) is 2. The molecule has 4 nitrogen and oxygen atoms in total. The van der Waals surface area contributed by atoms with E-state index in [0.29, 0.717) is 18.3 Å². The SMILES string of the molecule is C=Cc1ccc(S(=O)(=O)N(CC(C)C)c2ccc(C(C)C)cn2)cc1. The van der Waals surface area contributed by atoms with Gasteiger partial charge in [-0.3, -0.25) is 0 Å². The highest BCUT2D eigenvalue weighted by Gasteiger charge is 2.26. The van der Waals surface area contributed by atoms with Gasteiger partial charge in [-0.15, -0.1) is 0 Å². The minimum atomic E-state index is -3.67. The summed E-state index contributed by atoms with van der Waals surface area (Å²) in [5.74, 6) is 0.975. The van der Waals surface area contributed by atoms with E-state index in [-0.39, 0.29) is 10.8 Å². The number of anilines is 1. The fourth-order valence-corrected chi connectivity index (χ4v) is 4.02. The van der Waals surface area contributed by atoms with E-state index in [4.69, 9.17) is 0 Å². The van der Waals surface area contributed by atoms with Gasteiger partial charge in [0.1, 0.15) is 5.82 Å². The standard InChI is InChI=1S/C20H26N2O2S/c1-6-17-7-10-19(11-8-17)25(23,24)22(14-15(2)3)20-12-9-18(13-21-20)16(4)5/h6-13,15-16H,1,14H2,2-5H3. The first-order chi connectivity index (χ1) is 11.8. The molecule has 0 spiro atoms. The van der Waals surface area contributed by atoms with Crippen LogP contribution in [0.25, 0.3) is 6.08 Å². The Hall–Kier alpha value is -2.14. The number of aromatic nitrogens is 1. The van der Waals surface area contributed by atoms with Gasteiger partial charge in [-0.05, 0) is 41.2 Å². The highest BCUT2D eigenvalue weighted by atomic mass is 32.2. The summed E-state index contributed by atoms with van der Waals surface area (Å²) in [4.78, 5) is 4.67. The molecule has 0 saturated heterocycles. The van der Waals surface area contributed by atoms with Gasteiger partial charge in [0.25, 0.3) is 10.0 Å². The second kappa shape index (κ2) is 7.83. The molecule has 134 valence electrons. The first kappa shape index (κ1) is 19.2. The molecular formula is C20H26N2O2S. The number of benzene rings is 1. The predicted molar refractivity (Wildman–Crippen MR) is 104 cm³/mol. The van der Waals surface area contributed by atoms with Crippen LogP contribution in [0.2, 0.25) is 0 Å². The van der Waals surface area contributed by atoms with E-state index in [1.54, 1.807) is 42.6 Å². The molecule has 0 aliphatic rings. The lowest BCUT2D eigenvalue weighted by Gasteiger charge is -2.25. The largest absolute Gasteiger partial charge is 0.265 e. The van der Waals surface area contributed by atoms with E-state index in [0.717, 1.165) is 11.1 Å². The molecule has 1 aromatic carbocycles. The van der Waals surface area contributed by atoms with Crippen molar-refractivity contribution in [2.45, 2.75) is 38.5 Å². The van der Waals surface area contributed by atoms with Gasteiger partial charge in [0, 0.05) is 12.7 Å². The molecule has 0 radical (unpaired) electrons. The van der Waals surface area contributed by atoms with Gasteiger partial charge < -0.3 is 0 Å². The van der Waals surface area contributed by atoms with Gasteiger partial charge in [-0.25, -0.2) is 17.7 Å². The molecule has 1 aromatic heterocycles. The van der Waals surface area contributed by atoms with Crippen molar-refractivity contribution in [1.29, 1.82) is 0 Å². The van der Waals surface area contributed by atoms with Crippen molar-refractivity contribution < 1.29 is 8.42 Å². The van der Waals surface area contributed by atoms with E-state index >= 15 is 0 Å². The molecule has 0 bridgehead atoms. The van der Waals surface area contributed by atoms with Gasteiger partial charge in [0.2, 0.25) is 0 Å². The van der Waals surface area contributed by atoms with Crippen molar-refractivity contribution >= 4 is 21.9 Å². The summed E-state index contributed by atoms with van der Waals surface area (Å²) in [6.45, 7) is 12.2. The van der Waals surface area contributed by atoms with Crippen LogP contribution in [0.3, 0.4) is 0 Å². The monoisotopic (exact) mass is 358 g/mol. The van der Waals surface area contributed by atoms with Crippen LogP contribution >= 0.6 is 0 Å². The maximum Gasteiger partial charge on any atom is 0.265 e. The van der Waals surface area contributed by atoms with E-state index in [9.17, 15) is 8.42 Å². The zero-order chi connectivity index (χ0) is 18.6. The second-order valence-corrected chi connectivity index (χ2v) is 8.67. The molecule has 25 heavy (non-hydrogen) atoms. The zero-order valence-electron chi connectivity index (χ0n) is 15.3. The van der Waals surface area contributed by atoms with Crippen LogP contribution < -0.4 is 4.31 Å². The van der Waals surface area contributed by atoms with E-state index in [1.165, 1.54) is 4.31 Å². The molecule has 0 fully saturated rings. The number of rotatable bonds is 7. The third-order valence-corrected chi connectivity index (χ3v) is 5.71. The Kier molecular flexibility index (Phi) is 6.01. The minimum Gasteiger partial charge on any atom is -0.250 e. The van der Waals surface area contributed by atoms with Crippen LogP contribution in [0, 0.1) is 5.92 Å². The van der Waals surface area contributed by atoms with Crippen molar-refractivity contribution in [1.82, 2.24) is 4.98 Å². The van der Waals surface area contributed by atoms with Crippen molar-refractivity contribution in [3.63, 3.8) is 0 Å². The zero-order valence-corrected chi connectivity index (χ0v) is 16.1. The van der Waals surface area contributed by atoms with E-state index < -0.39 is 10.0 Å². The Balaban J connectivity index is 2.45. The molecule has 0 amide bonds. The maximum absolute atomic E-state index is 13.1. The molecule has 0 atom stereocenters. The van der Waals surface area contributed by atoms with Gasteiger partial charge in [-0.2, -0.15) is 0 Å². The first-order valence-corrected chi connectivity index (χ1v) is 9.91. The Morgan fingerprint density at radius 2 is 1.72 bits per heavy atom. The highest BCUT2D eigenvalue weighted by Crippen LogP contribution is 2.25. The fourth-order valence-electron chi connectivity index (χ4n) is 2.44. The molecule has 0 unspecified atom stereocenters. The summed E-state index contributed by atoms with van der Waals surface area (Å²) in [5, 5.41) is 0. The summed E-state index contributed by atoms with van der Waals surface area (Å²) in [6, 6.07) is 10.5. The minimum absolute atomic E-state index is 0.175. The fraction of sp³-hybridized carbons (Fsp3) is 0.350.